The fraction of sp³-hybridized carbons (Fsp3) is 0.480. The van der Waals surface area contributed by atoms with Crippen LogP contribution >= 0.6 is 0 Å². The van der Waals surface area contributed by atoms with Crippen molar-refractivity contribution in [2.24, 2.45) is 0 Å². The SMILES string of the molecule is CCc1ccc2c(c1)[C@@H](NC[C@@H](O)[C@H](Cc1cc(F)cc(F)c1)NC(=O)COC)CCC2. The highest BCUT2D eigenvalue weighted by molar-refractivity contribution is 5.77. The monoisotopic (exact) mass is 446 g/mol. The number of amides is 1. The molecule has 3 rings (SSSR count). The second-order valence-electron chi connectivity index (χ2n) is 8.40. The molecule has 2 aromatic rings. The van der Waals surface area contributed by atoms with Crippen molar-refractivity contribution in [1.29, 1.82) is 0 Å². The molecule has 0 fully saturated rings. The number of aliphatic hydroxyl groups is 1. The van der Waals surface area contributed by atoms with E-state index in [1.165, 1.54) is 35.9 Å². The molecular weight excluding hydrogens is 414 g/mol. The second-order valence-corrected chi connectivity index (χ2v) is 8.40. The van der Waals surface area contributed by atoms with E-state index in [1.54, 1.807) is 0 Å². The summed E-state index contributed by atoms with van der Waals surface area (Å²) in [5.41, 5.74) is 4.21. The Bertz CT molecular complexity index is 902. The highest BCUT2D eigenvalue weighted by Crippen LogP contribution is 2.30. The van der Waals surface area contributed by atoms with Crippen molar-refractivity contribution < 1.29 is 23.4 Å². The molecule has 0 aromatic heterocycles. The first kappa shape index (κ1) is 24.3. The van der Waals surface area contributed by atoms with E-state index in [1.807, 2.05) is 0 Å². The Labute approximate surface area is 188 Å². The third kappa shape index (κ3) is 6.58. The predicted molar refractivity (Wildman–Crippen MR) is 119 cm³/mol. The van der Waals surface area contributed by atoms with Crippen molar-refractivity contribution >= 4 is 5.91 Å². The van der Waals surface area contributed by atoms with Gasteiger partial charge >= 0.3 is 0 Å². The van der Waals surface area contributed by atoms with Gasteiger partial charge in [0.05, 0.1) is 12.1 Å². The van der Waals surface area contributed by atoms with Gasteiger partial charge in [0.15, 0.2) is 0 Å². The summed E-state index contributed by atoms with van der Waals surface area (Å²) < 4.78 is 32.1. The summed E-state index contributed by atoms with van der Waals surface area (Å²) in [6.45, 7) is 2.19. The minimum atomic E-state index is -0.957. The topological polar surface area (TPSA) is 70.6 Å². The number of aryl methyl sites for hydroxylation is 2. The number of aliphatic hydroxyl groups excluding tert-OH is 1. The van der Waals surface area contributed by atoms with Crippen LogP contribution in [0, 0.1) is 11.6 Å². The highest BCUT2D eigenvalue weighted by atomic mass is 19.1. The number of carbonyl (C=O) groups is 1. The number of fused-ring (bicyclic) bond motifs is 1. The molecule has 174 valence electrons. The molecule has 0 spiro atoms. The summed E-state index contributed by atoms with van der Waals surface area (Å²) in [6, 6.07) is 9.18. The lowest BCUT2D eigenvalue weighted by atomic mass is 9.86. The van der Waals surface area contributed by atoms with Gasteiger partial charge in [0.25, 0.3) is 0 Å². The Hall–Kier alpha value is -2.35. The van der Waals surface area contributed by atoms with E-state index >= 15 is 0 Å². The van der Waals surface area contributed by atoms with Crippen molar-refractivity contribution in [2.45, 2.75) is 57.2 Å². The van der Waals surface area contributed by atoms with Gasteiger partial charge in [0, 0.05) is 25.8 Å². The molecule has 2 aromatic carbocycles. The second kappa shape index (κ2) is 11.5. The molecule has 0 radical (unpaired) electrons. The smallest absolute Gasteiger partial charge is 0.246 e. The molecule has 0 unspecified atom stereocenters. The van der Waals surface area contributed by atoms with E-state index in [0.717, 1.165) is 31.7 Å². The summed E-state index contributed by atoms with van der Waals surface area (Å²) in [6.07, 6.45) is 3.16. The lowest BCUT2D eigenvalue weighted by Gasteiger charge is -2.30. The van der Waals surface area contributed by atoms with Crippen LogP contribution in [0.2, 0.25) is 0 Å². The molecule has 0 saturated heterocycles. The first-order valence-corrected chi connectivity index (χ1v) is 11.2. The summed E-state index contributed by atoms with van der Waals surface area (Å²) in [7, 11) is 1.40. The number of hydrogen-bond acceptors (Lipinski definition) is 4. The Morgan fingerprint density at radius 1 is 1.19 bits per heavy atom. The van der Waals surface area contributed by atoms with Gasteiger partial charge in [-0.25, -0.2) is 8.78 Å². The van der Waals surface area contributed by atoms with Crippen LogP contribution in [0.4, 0.5) is 8.78 Å². The average molecular weight is 447 g/mol. The number of ether oxygens (including phenoxy) is 1. The molecular formula is C25H32F2N2O3. The first-order chi connectivity index (χ1) is 15.4. The third-order valence-electron chi connectivity index (χ3n) is 5.97. The molecule has 3 atom stereocenters. The van der Waals surface area contributed by atoms with Gasteiger partial charge in [0.1, 0.15) is 18.2 Å². The number of methoxy groups -OCH3 is 1. The predicted octanol–water partition coefficient (Wildman–Crippen LogP) is 3.23. The van der Waals surface area contributed by atoms with Crippen molar-refractivity contribution in [3.05, 3.63) is 70.3 Å². The van der Waals surface area contributed by atoms with Crippen LogP contribution in [0.3, 0.4) is 0 Å². The molecule has 7 heteroatoms. The van der Waals surface area contributed by atoms with E-state index in [2.05, 4.69) is 35.8 Å². The lowest BCUT2D eigenvalue weighted by molar-refractivity contribution is -0.126. The molecule has 1 amide bonds. The zero-order valence-electron chi connectivity index (χ0n) is 18.7. The maximum atomic E-state index is 13.6. The van der Waals surface area contributed by atoms with Crippen molar-refractivity contribution in [3.63, 3.8) is 0 Å². The maximum Gasteiger partial charge on any atom is 0.246 e. The van der Waals surface area contributed by atoms with E-state index in [9.17, 15) is 18.7 Å². The fourth-order valence-corrected chi connectivity index (χ4v) is 4.33. The van der Waals surface area contributed by atoms with Crippen LogP contribution < -0.4 is 10.6 Å². The van der Waals surface area contributed by atoms with Crippen LogP contribution in [0.25, 0.3) is 0 Å². The summed E-state index contributed by atoms with van der Waals surface area (Å²) in [5, 5.41) is 17.1. The minimum absolute atomic E-state index is 0.0915. The van der Waals surface area contributed by atoms with Gasteiger partial charge < -0.3 is 20.5 Å². The summed E-state index contributed by atoms with van der Waals surface area (Å²) >= 11 is 0. The van der Waals surface area contributed by atoms with Crippen LogP contribution in [-0.2, 0) is 28.8 Å². The normalized spacial score (nSPS) is 17.5. The van der Waals surface area contributed by atoms with Gasteiger partial charge in [-0.1, -0.05) is 25.1 Å². The molecule has 1 aliphatic carbocycles. The number of hydrogen-bond donors (Lipinski definition) is 3. The Balaban J connectivity index is 1.71. The maximum absolute atomic E-state index is 13.6. The number of rotatable bonds is 10. The molecule has 0 aliphatic heterocycles. The standard InChI is InChI=1S/C25H32F2N2O3/c1-3-16-7-8-18-5-4-6-22(21(18)11-16)28-14-24(30)23(29-25(31)15-32-2)12-17-9-19(26)13-20(27)10-17/h7-11,13,22-24,28,30H,3-6,12,14-15H2,1-2H3,(H,29,31)/t22-,23-,24+/m0/s1. The highest BCUT2D eigenvalue weighted by Gasteiger charge is 2.25. The largest absolute Gasteiger partial charge is 0.390 e. The van der Waals surface area contributed by atoms with Crippen LogP contribution in [-0.4, -0.2) is 43.4 Å². The molecule has 0 bridgehead atoms. The van der Waals surface area contributed by atoms with Crippen LogP contribution in [0.15, 0.2) is 36.4 Å². The van der Waals surface area contributed by atoms with Crippen molar-refractivity contribution in [3.8, 4) is 0 Å². The molecule has 0 saturated carbocycles. The minimum Gasteiger partial charge on any atom is -0.390 e. The van der Waals surface area contributed by atoms with E-state index < -0.39 is 29.7 Å². The molecule has 1 aliphatic rings. The van der Waals surface area contributed by atoms with Crippen LogP contribution in [0.1, 0.15) is 48.1 Å². The quantitative estimate of drug-likeness (QED) is 0.524. The van der Waals surface area contributed by atoms with E-state index in [0.29, 0.717) is 5.56 Å². The molecule has 3 N–H and O–H groups in total. The number of nitrogens with one attached hydrogen (secondary N) is 2. The van der Waals surface area contributed by atoms with Gasteiger partial charge in [-0.2, -0.15) is 0 Å². The van der Waals surface area contributed by atoms with E-state index in [-0.39, 0.29) is 25.6 Å². The zero-order valence-corrected chi connectivity index (χ0v) is 18.7. The zero-order chi connectivity index (χ0) is 23.1. The van der Waals surface area contributed by atoms with Gasteiger partial charge in [-0.05, 0) is 66.5 Å². The Morgan fingerprint density at radius 2 is 1.94 bits per heavy atom. The lowest BCUT2D eigenvalue weighted by Crippen LogP contribution is -2.50. The number of carbonyl (C=O) groups excluding carboxylic acids is 1. The van der Waals surface area contributed by atoms with Gasteiger partial charge in [-0.3, -0.25) is 4.79 Å². The molecule has 5 nitrogen and oxygen atoms in total. The Morgan fingerprint density at radius 3 is 2.62 bits per heavy atom. The number of benzene rings is 2. The van der Waals surface area contributed by atoms with Crippen molar-refractivity contribution in [1.82, 2.24) is 10.6 Å². The third-order valence-corrected chi connectivity index (χ3v) is 5.97. The van der Waals surface area contributed by atoms with Gasteiger partial charge in [-0.15, -0.1) is 0 Å². The first-order valence-electron chi connectivity index (χ1n) is 11.2. The van der Waals surface area contributed by atoms with Crippen LogP contribution in [0.5, 0.6) is 0 Å². The molecule has 32 heavy (non-hydrogen) atoms. The summed E-state index contributed by atoms with van der Waals surface area (Å²) in [5.74, 6) is -1.79. The summed E-state index contributed by atoms with van der Waals surface area (Å²) in [4.78, 5) is 12.1. The molecule has 0 heterocycles. The number of halogens is 2. The Kier molecular flexibility index (Phi) is 8.73. The van der Waals surface area contributed by atoms with E-state index in [4.69, 9.17) is 4.74 Å². The van der Waals surface area contributed by atoms with Gasteiger partial charge in [0.2, 0.25) is 5.91 Å². The van der Waals surface area contributed by atoms with Crippen molar-refractivity contribution in [2.75, 3.05) is 20.3 Å². The average Bonchev–Trinajstić information content (AvgIpc) is 2.76. The fourth-order valence-electron chi connectivity index (χ4n) is 4.33.